The van der Waals surface area contributed by atoms with Crippen LogP contribution in [0.25, 0.3) is 0 Å². The van der Waals surface area contributed by atoms with Crippen LogP contribution in [0.3, 0.4) is 0 Å². The van der Waals surface area contributed by atoms with Gasteiger partial charge in [-0.3, -0.25) is 0 Å². The Bertz CT molecular complexity index is 587. The van der Waals surface area contributed by atoms with E-state index in [1.807, 2.05) is 0 Å². The van der Waals surface area contributed by atoms with Gasteiger partial charge in [-0.2, -0.15) is 0 Å². The smallest absolute Gasteiger partial charge is 0.130 e. The lowest BCUT2D eigenvalue weighted by atomic mass is 9.47. The lowest BCUT2D eigenvalue weighted by Crippen LogP contribution is -2.54. The molecule has 0 radical (unpaired) electrons. The molecule has 2 nitrogen and oxygen atoms in total. The first kappa shape index (κ1) is 15.7. The highest BCUT2D eigenvalue weighted by Gasteiger charge is 2.63. The Balaban J connectivity index is 1.69. The molecule has 7 atom stereocenters. The van der Waals surface area contributed by atoms with E-state index >= 15 is 0 Å². The van der Waals surface area contributed by atoms with Gasteiger partial charge in [0.25, 0.3) is 0 Å². The monoisotopic (exact) mass is 314 g/mol. The highest BCUT2D eigenvalue weighted by Crippen LogP contribution is 2.66. The highest BCUT2D eigenvalue weighted by atomic mass is 16.3. The van der Waals surface area contributed by atoms with Crippen molar-refractivity contribution < 1.29 is 10.2 Å². The summed E-state index contributed by atoms with van der Waals surface area (Å²) >= 11 is 0. The predicted octanol–water partition coefficient (Wildman–Crippen LogP) is 3.67. The minimum absolute atomic E-state index is 0.112. The largest absolute Gasteiger partial charge is 0.393 e. The summed E-state index contributed by atoms with van der Waals surface area (Å²) in [6, 6.07) is 0. The third-order valence-electron chi connectivity index (χ3n) is 8.47. The molecule has 126 valence electrons. The number of terminal acetylenes is 1. The maximum absolute atomic E-state index is 11.0. The summed E-state index contributed by atoms with van der Waals surface area (Å²) in [4.78, 5) is 0. The topological polar surface area (TPSA) is 40.5 Å². The van der Waals surface area contributed by atoms with Crippen molar-refractivity contribution in [3.05, 3.63) is 11.6 Å². The van der Waals surface area contributed by atoms with Crippen LogP contribution in [0, 0.1) is 40.9 Å². The minimum atomic E-state index is -0.906. The summed E-state index contributed by atoms with van der Waals surface area (Å²) in [6.07, 6.45) is 16.1. The Hall–Kier alpha value is -0.780. The van der Waals surface area contributed by atoms with Crippen LogP contribution < -0.4 is 0 Å². The molecule has 3 fully saturated rings. The summed E-state index contributed by atoms with van der Waals surface area (Å²) in [7, 11) is 0. The number of fused-ring (bicyclic) bond motifs is 5. The molecule has 0 saturated heterocycles. The van der Waals surface area contributed by atoms with Gasteiger partial charge in [-0.1, -0.05) is 31.4 Å². The number of hydrogen-bond acceptors (Lipinski definition) is 2. The highest BCUT2D eigenvalue weighted by molar-refractivity contribution is 5.28. The fraction of sp³-hybridized carbons (Fsp3) is 0.810. The van der Waals surface area contributed by atoms with Crippen molar-refractivity contribution in [2.24, 2.45) is 28.6 Å². The van der Waals surface area contributed by atoms with Gasteiger partial charge in [-0.15, -0.1) is 6.42 Å². The van der Waals surface area contributed by atoms with Crippen molar-refractivity contribution in [2.45, 2.75) is 76.9 Å². The molecule has 4 aliphatic carbocycles. The molecule has 4 unspecified atom stereocenters. The van der Waals surface area contributed by atoms with Gasteiger partial charge >= 0.3 is 0 Å². The van der Waals surface area contributed by atoms with Crippen LogP contribution in [-0.4, -0.2) is 21.9 Å². The Labute approximate surface area is 140 Å². The van der Waals surface area contributed by atoms with Crippen LogP contribution in [0.1, 0.15) is 65.2 Å². The molecule has 0 bridgehead atoms. The second kappa shape index (κ2) is 4.87. The molecule has 2 heteroatoms. The van der Waals surface area contributed by atoms with Crippen molar-refractivity contribution in [1.82, 2.24) is 0 Å². The molecule has 0 spiro atoms. The quantitative estimate of drug-likeness (QED) is 0.529. The first-order chi connectivity index (χ1) is 10.8. The number of hydrogen-bond donors (Lipinski definition) is 2. The molecule has 0 amide bonds. The average Bonchev–Trinajstić information content (AvgIpc) is 2.80. The van der Waals surface area contributed by atoms with E-state index in [2.05, 4.69) is 25.8 Å². The maximum Gasteiger partial charge on any atom is 0.130 e. The van der Waals surface area contributed by atoms with Gasteiger partial charge in [0.15, 0.2) is 0 Å². The normalized spacial score (nSPS) is 55.2. The second-order valence-electron chi connectivity index (χ2n) is 9.16. The van der Waals surface area contributed by atoms with E-state index in [0.29, 0.717) is 17.8 Å². The molecular weight excluding hydrogens is 284 g/mol. The van der Waals surface area contributed by atoms with Crippen LogP contribution in [0.4, 0.5) is 0 Å². The lowest BCUT2D eigenvalue weighted by Gasteiger charge is -2.58. The zero-order valence-electron chi connectivity index (χ0n) is 14.5. The fourth-order valence-corrected chi connectivity index (χ4v) is 6.89. The first-order valence-electron chi connectivity index (χ1n) is 9.42. The van der Waals surface area contributed by atoms with Gasteiger partial charge in [0, 0.05) is 5.41 Å². The Morgan fingerprint density at radius 1 is 1.13 bits per heavy atom. The van der Waals surface area contributed by atoms with Crippen LogP contribution >= 0.6 is 0 Å². The average molecular weight is 314 g/mol. The van der Waals surface area contributed by atoms with E-state index in [1.165, 1.54) is 12.0 Å². The standard InChI is InChI=1S/C21H30O2/c1-4-21(23)12-9-18-16-6-5-14-13-15(22)7-10-19(14,2)17(16)8-11-20(18,21)3/h1,5,15-18,22-23H,6-13H2,2-3H3/t15?,16?,17?,18?,19-,20-,21-/m0/s1. The summed E-state index contributed by atoms with van der Waals surface area (Å²) in [5.41, 5.74) is 0.751. The molecule has 4 rings (SSSR count). The summed E-state index contributed by atoms with van der Waals surface area (Å²) in [6.45, 7) is 4.68. The van der Waals surface area contributed by atoms with E-state index in [9.17, 15) is 10.2 Å². The molecule has 2 N–H and O–H groups in total. The minimum Gasteiger partial charge on any atom is -0.393 e. The molecule has 0 aromatic carbocycles. The molecule has 0 aromatic heterocycles. The summed E-state index contributed by atoms with van der Waals surface area (Å²) in [5, 5.41) is 21.0. The molecule has 4 aliphatic rings. The Kier molecular flexibility index (Phi) is 3.33. The predicted molar refractivity (Wildman–Crippen MR) is 91.5 cm³/mol. The lowest BCUT2D eigenvalue weighted by molar-refractivity contribution is -0.0969. The van der Waals surface area contributed by atoms with E-state index in [0.717, 1.165) is 44.9 Å². The van der Waals surface area contributed by atoms with Crippen molar-refractivity contribution >= 4 is 0 Å². The van der Waals surface area contributed by atoms with Gasteiger partial charge in [0.2, 0.25) is 0 Å². The third kappa shape index (κ3) is 1.90. The molecule has 0 heterocycles. The molecule has 23 heavy (non-hydrogen) atoms. The first-order valence-corrected chi connectivity index (χ1v) is 9.42. The van der Waals surface area contributed by atoms with Crippen molar-refractivity contribution in [3.63, 3.8) is 0 Å². The summed E-state index contributed by atoms with van der Waals surface area (Å²) in [5.74, 6) is 4.65. The third-order valence-corrected chi connectivity index (χ3v) is 8.47. The Morgan fingerprint density at radius 2 is 1.87 bits per heavy atom. The van der Waals surface area contributed by atoms with Crippen LogP contribution in [0.5, 0.6) is 0 Å². The van der Waals surface area contributed by atoms with Gasteiger partial charge < -0.3 is 10.2 Å². The van der Waals surface area contributed by atoms with E-state index in [4.69, 9.17) is 6.42 Å². The van der Waals surface area contributed by atoms with Crippen molar-refractivity contribution in [2.75, 3.05) is 0 Å². The molecule has 0 aromatic rings. The summed E-state index contributed by atoms with van der Waals surface area (Å²) < 4.78 is 0. The van der Waals surface area contributed by atoms with Gasteiger partial charge in [-0.25, -0.2) is 0 Å². The second-order valence-corrected chi connectivity index (χ2v) is 9.16. The number of allylic oxidation sites excluding steroid dienone is 1. The van der Waals surface area contributed by atoms with E-state index in [-0.39, 0.29) is 16.9 Å². The zero-order chi connectivity index (χ0) is 16.5. The van der Waals surface area contributed by atoms with Crippen LogP contribution in [0.2, 0.25) is 0 Å². The van der Waals surface area contributed by atoms with Gasteiger partial charge in [0.1, 0.15) is 5.60 Å². The van der Waals surface area contributed by atoms with Crippen LogP contribution in [-0.2, 0) is 0 Å². The van der Waals surface area contributed by atoms with Crippen molar-refractivity contribution in [1.29, 1.82) is 0 Å². The van der Waals surface area contributed by atoms with Gasteiger partial charge in [0.05, 0.1) is 6.10 Å². The van der Waals surface area contributed by atoms with Crippen molar-refractivity contribution in [3.8, 4) is 12.3 Å². The molecule has 0 aliphatic heterocycles. The van der Waals surface area contributed by atoms with Crippen LogP contribution in [0.15, 0.2) is 11.6 Å². The SMILES string of the molecule is C#C[C@]1(O)CCC2C3CC=C4CC(O)CC[C@]4(C)C3CC[C@@]21C. The number of aliphatic hydroxyl groups is 2. The number of rotatable bonds is 0. The fourth-order valence-electron chi connectivity index (χ4n) is 6.89. The van der Waals surface area contributed by atoms with E-state index in [1.54, 1.807) is 0 Å². The molecular formula is C21H30O2. The zero-order valence-corrected chi connectivity index (χ0v) is 14.5. The molecule has 3 saturated carbocycles. The van der Waals surface area contributed by atoms with E-state index < -0.39 is 5.60 Å². The number of aliphatic hydroxyl groups excluding tert-OH is 1. The Morgan fingerprint density at radius 3 is 2.61 bits per heavy atom. The van der Waals surface area contributed by atoms with Gasteiger partial charge in [-0.05, 0) is 74.5 Å². The maximum atomic E-state index is 11.0.